The fourth-order valence-electron chi connectivity index (χ4n) is 4.80. The van der Waals surface area contributed by atoms with Crippen LogP contribution in [0.5, 0.6) is 0 Å². The van der Waals surface area contributed by atoms with E-state index in [-0.39, 0.29) is 23.6 Å². The minimum absolute atomic E-state index is 0.0441. The van der Waals surface area contributed by atoms with Crippen molar-refractivity contribution in [3.63, 3.8) is 0 Å². The molecule has 2 amide bonds. The topological polar surface area (TPSA) is 92.4 Å². The molecular formula is C25H27N5O3. The summed E-state index contributed by atoms with van der Waals surface area (Å²) in [7, 11) is 0. The van der Waals surface area contributed by atoms with E-state index in [1.807, 2.05) is 25.1 Å². The second-order valence-corrected chi connectivity index (χ2v) is 8.73. The van der Waals surface area contributed by atoms with Crippen molar-refractivity contribution in [2.45, 2.75) is 52.5 Å². The van der Waals surface area contributed by atoms with Crippen molar-refractivity contribution in [2.75, 3.05) is 18.0 Å². The van der Waals surface area contributed by atoms with Crippen LogP contribution < -0.4 is 4.90 Å². The number of benzene rings is 1. The van der Waals surface area contributed by atoms with Gasteiger partial charge in [-0.25, -0.2) is 15.0 Å². The molecule has 8 heteroatoms. The quantitative estimate of drug-likeness (QED) is 0.597. The molecule has 0 bridgehead atoms. The highest BCUT2D eigenvalue weighted by Crippen LogP contribution is 2.36. The fourth-order valence-corrected chi connectivity index (χ4v) is 4.80. The molecule has 3 aromatic rings. The van der Waals surface area contributed by atoms with Gasteiger partial charge in [0.25, 0.3) is 5.91 Å². The van der Waals surface area contributed by atoms with Crippen molar-refractivity contribution in [3.8, 4) is 0 Å². The van der Waals surface area contributed by atoms with Gasteiger partial charge in [0.05, 0.1) is 18.2 Å². The summed E-state index contributed by atoms with van der Waals surface area (Å²) in [6.45, 7) is 6.61. The van der Waals surface area contributed by atoms with Crippen LogP contribution in [-0.4, -0.2) is 44.8 Å². The lowest BCUT2D eigenvalue weighted by atomic mass is 10.1. The predicted octanol–water partition coefficient (Wildman–Crippen LogP) is 3.50. The number of amides is 2. The first-order valence-corrected chi connectivity index (χ1v) is 11.4. The van der Waals surface area contributed by atoms with E-state index in [1.54, 1.807) is 23.6 Å². The number of likely N-dealkylation sites (tertiary alicyclic amines) is 1. The Hall–Kier alpha value is -3.55. The molecule has 1 atom stereocenters. The van der Waals surface area contributed by atoms with Crippen LogP contribution in [0.15, 0.2) is 34.7 Å². The summed E-state index contributed by atoms with van der Waals surface area (Å²) in [6, 6.07) is 9.86. The van der Waals surface area contributed by atoms with Crippen LogP contribution in [0.1, 0.15) is 63.7 Å². The fraction of sp³-hybridized carbons (Fsp3) is 0.400. The SMILES string of the molecule is Cc1nc(C)c(C(=O)N2CCC[C@@H]2c2nc(C)c3c(n2)N(CCc2ccccc2)C(=O)C3)o1. The lowest BCUT2D eigenvalue weighted by Gasteiger charge is -2.24. The number of hydrogen-bond acceptors (Lipinski definition) is 6. The van der Waals surface area contributed by atoms with Crippen molar-refractivity contribution in [2.24, 2.45) is 0 Å². The van der Waals surface area contributed by atoms with Gasteiger partial charge >= 0.3 is 0 Å². The zero-order chi connectivity index (χ0) is 23.1. The highest BCUT2D eigenvalue weighted by molar-refractivity contribution is 6.00. The molecule has 8 nitrogen and oxygen atoms in total. The van der Waals surface area contributed by atoms with Gasteiger partial charge in [0.15, 0.2) is 11.7 Å². The van der Waals surface area contributed by atoms with Crippen molar-refractivity contribution >= 4 is 17.6 Å². The van der Waals surface area contributed by atoms with Crippen LogP contribution in [0.4, 0.5) is 5.82 Å². The molecule has 5 rings (SSSR count). The summed E-state index contributed by atoms with van der Waals surface area (Å²) in [5, 5.41) is 0. The minimum Gasteiger partial charge on any atom is -0.436 e. The van der Waals surface area contributed by atoms with Gasteiger partial charge < -0.3 is 9.32 Å². The Balaban J connectivity index is 1.43. The molecule has 0 saturated carbocycles. The largest absolute Gasteiger partial charge is 0.436 e. The third-order valence-corrected chi connectivity index (χ3v) is 6.47. The third-order valence-electron chi connectivity index (χ3n) is 6.47. The molecule has 0 unspecified atom stereocenters. The molecule has 0 aliphatic carbocycles. The van der Waals surface area contributed by atoms with Crippen LogP contribution in [0.3, 0.4) is 0 Å². The summed E-state index contributed by atoms with van der Waals surface area (Å²) in [5.74, 6) is 1.88. The van der Waals surface area contributed by atoms with Gasteiger partial charge in [0, 0.05) is 31.3 Å². The Labute approximate surface area is 192 Å². The van der Waals surface area contributed by atoms with E-state index in [0.29, 0.717) is 42.7 Å². The average molecular weight is 446 g/mol. The molecule has 0 radical (unpaired) electrons. The Kier molecular flexibility index (Phi) is 5.44. The second-order valence-electron chi connectivity index (χ2n) is 8.73. The van der Waals surface area contributed by atoms with Gasteiger partial charge in [-0.05, 0) is 38.7 Å². The van der Waals surface area contributed by atoms with Crippen molar-refractivity contribution in [3.05, 3.63) is 70.3 Å². The summed E-state index contributed by atoms with van der Waals surface area (Å²) >= 11 is 0. The molecule has 2 aromatic heterocycles. The first-order valence-electron chi connectivity index (χ1n) is 11.4. The average Bonchev–Trinajstić information content (AvgIpc) is 3.49. The number of anilines is 1. The molecule has 33 heavy (non-hydrogen) atoms. The first kappa shape index (κ1) is 21.3. The van der Waals surface area contributed by atoms with Gasteiger partial charge in [-0.15, -0.1) is 0 Å². The Morgan fingerprint density at radius 2 is 1.88 bits per heavy atom. The van der Waals surface area contributed by atoms with Crippen LogP contribution in [0.25, 0.3) is 0 Å². The Morgan fingerprint density at radius 3 is 2.61 bits per heavy atom. The Bertz CT molecular complexity index is 1220. The van der Waals surface area contributed by atoms with E-state index in [9.17, 15) is 9.59 Å². The maximum absolute atomic E-state index is 13.2. The molecular weight excluding hydrogens is 418 g/mol. The van der Waals surface area contributed by atoms with Gasteiger partial charge in [-0.2, -0.15) is 0 Å². The molecule has 2 aliphatic heterocycles. The van der Waals surface area contributed by atoms with E-state index in [1.165, 1.54) is 5.56 Å². The monoisotopic (exact) mass is 445 g/mol. The number of rotatable bonds is 5. The number of carbonyl (C=O) groups excluding carboxylic acids is 2. The number of carbonyl (C=O) groups is 2. The maximum atomic E-state index is 13.2. The standard InChI is InChI=1S/C25H27N5O3/c1-15-19-14-21(31)30(13-11-18-8-5-4-6-9-18)24(19)28-23(27-15)20-10-7-12-29(20)25(32)22-16(2)26-17(3)33-22/h4-6,8-9,20H,7,10-14H2,1-3H3/t20-/m1/s1. The molecule has 1 fully saturated rings. The number of fused-ring (bicyclic) bond motifs is 1. The molecule has 0 spiro atoms. The zero-order valence-corrected chi connectivity index (χ0v) is 19.2. The first-order chi connectivity index (χ1) is 15.9. The number of aromatic nitrogens is 3. The summed E-state index contributed by atoms with van der Waals surface area (Å²) < 4.78 is 5.58. The lowest BCUT2D eigenvalue weighted by molar-refractivity contribution is -0.117. The molecule has 1 aromatic carbocycles. The Morgan fingerprint density at radius 1 is 1.09 bits per heavy atom. The summed E-state index contributed by atoms with van der Waals surface area (Å²) in [4.78, 5) is 43.4. The van der Waals surface area contributed by atoms with Gasteiger partial charge in [0.1, 0.15) is 5.82 Å². The van der Waals surface area contributed by atoms with Crippen molar-refractivity contribution in [1.29, 1.82) is 0 Å². The highest BCUT2D eigenvalue weighted by Gasteiger charge is 2.38. The smallest absolute Gasteiger partial charge is 0.292 e. The number of aryl methyl sites for hydroxylation is 3. The lowest BCUT2D eigenvalue weighted by Crippen LogP contribution is -2.33. The molecule has 0 N–H and O–H groups in total. The molecule has 1 saturated heterocycles. The number of nitrogens with zero attached hydrogens (tertiary/aromatic N) is 5. The van der Waals surface area contributed by atoms with Gasteiger partial charge in [-0.1, -0.05) is 30.3 Å². The van der Waals surface area contributed by atoms with Crippen molar-refractivity contribution in [1.82, 2.24) is 19.9 Å². The molecule has 170 valence electrons. The number of hydrogen-bond donors (Lipinski definition) is 0. The van der Waals surface area contributed by atoms with Gasteiger partial charge in [-0.3, -0.25) is 14.5 Å². The van der Waals surface area contributed by atoms with Crippen LogP contribution >= 0.6 is 0 Å². The van der Waals surface area contributed by atoms with Crippen LogP contribution in [-0.2, 0) is 17.6 Å². The zero-order valence-electron chi connectivity index (χ0n) is 19.2. The maximum Gasteiger partial charge on any atom is 0.292 e. The van der Waals surface area contributed by atoms with E-state index < -0.39 is 0 Å². The van der Waals surface area contributed by atoms with E-state index >= 15 is 0 Å². The highest BCUT2D eigenvalue weighted by atomic mass is 16.4. The molecule has 4 heterocycles. The predicted molar refractivity (Wildman–Crippen MR) is 122 cm³/mol. The second kappa shape index (κ2) is 8.42. The van der Waals surface area contributed by atoms with E-state index in [4.69, 9.17) is 14.4 Å². The van der Waals surface area contributed by atoms with E-state index in [2.05, 4.69) is 17.1 Å². The minimum atomic E-state index is -0.252. The normalized spacial score (nSPS) is 17.7. The van der Waals surface area contributed by atoms with Gasteiger partial charge in [0.2, 0.25) is 11.7 Å². The summed E-state index contributed by atoms with van der Waals surface area (Å²) in [5.41, 5.74) is 3.45. The van der Waals surface area contributed by atoms with Crippen LogP contribution in [0, 0.1) is 20.8 Å². The number of oxazole rings is 1. The third kappa shape index (κ3) is 3.90. The van der Waals surface area contributed by atoms with Crippen molar-refractivity contribution < 1.29 is 14.0 Å². The summed E-state index contributed by atoms with van der Waals surface area (Å²) in [6.07, 6.45) is 2.70. The molecule has 2 aliphatic rings. The van der Waals surface area contributed by atoms with E-state index in [0.717, 1.165) is 30.5 Å². The van der Waals surface area contributed by atoms with Crippen LogP contribution in [0.2, 0.25) is 0 Å².